The van der Waals surface area contributed by atoms with Crippen molar-refractivity contribution in [1.29, 1.82) is 0 Å². The van der Waals surface area contributed by atoms with E-state index < -0.39 is 5.97 Å². The second kappa shape index (κ2) is 5.63. The van der Waals surface area contributed by atoms with Crippen LogP contribution in [0.3, 0.4) is 0 Å². The minimum Gasteiger partial charge on any atom is -0.478 e. The molecule has 0 spiro atoms. The molecule has 90 valence electrons. The molecule has 0 aliphatic rings. The molecule has 0 fully saturated rings. The molecule has 4 heteroatoms. The molecule has 1 heterocycles. The van der Waals surface area contributed by atoms with Crippen LogP contribution in [0.5, 0.6) is 0 Å². The molecule has 2 rings (SSSR count). The summed E-state index contributed by atoms with van der Waals surface area (Å²) in [5.74, 6) is -0.950. The number of hydrogen-bond donors (Lipinski definition) is 1. The summed E-state index contributed by atoms with van der Waals surface area (Å²) in [5.41, 5.74) is 1.99. The molecule has 0 aliphatic carbocycles. The number of carboxylic acids is 1. The first-order valence-corrected chi connectivity index (χ1v) is 5.43. The van der Waals surface area contributed by atoms with E-state index in [0.29, 0.717) is 0 Å². The number of rotatable bonds is 4. The van der Waals surface area contributed by atoms with Gasteiger partial charge in [-0.1, -0.05) is 30.4 Å². The topological polar surface area (TPSA) is 55.1 Å². The van der Waals surface area contributed by atoms with Crippen molar-refractivity contribution in [2.24, 2.45) is 0 Å². The molecule has 0 atom stereocenters. The van der Waals surface area contributed by atoms with Crippen molar-refractivity contribution in [3.63, 3.8) is 0 Å². The Bertz CT molecular complexity index is 566. The van der Waals surface area contributed by atoms with E-state index in [1.165, 1.54) is 6.08 Å². The minimum atomic E-state index is -0.950. The number of hydrogen-bond acceptors (Lipinski definition) is 2. The molecule has 1 aromatic heterocycles. The van der Waals surface area contributed by atoms with Crippen molar-refractivity contribution >= 4 is 12.0 Å². The van der Waals surface area contributed by atoms with Crippen LogP contribution >= 0.6 is 0 Å². The molecule has 0 radical (unpaired) electrons. The quantitative estimate of drug-likeness (QED) is 0.660. The van der Waals surface area contributed by atoms with E-state index in [0.717, 1.165) is 17.3 Å². The fourth-order valence-corrected chi connectivity index (χ4v) is 1.46. The highest BCUT2D eigenvalue weighted by Gasteiger charge is 1.94. The standard InChI is InChI=1S/C14H12N2O2/c17-14(18)5-2-1-4-12-6-8-13(9-7-12)16-11-3-10-15-16/h1-11H,(H,17,18). The molecule has 1 aromatic carbocycles. The average Bonchev–Trinajstić information content (AvgIpc) is 2.89. The highest BCUT2D eigenvalue weighted by Crippen LogP contribution is 2.09. The van der Waals surface area contributed by atoms with Crippen LogP contribution in [0.2, 0.25) is 0 Å². The van der Waals surface area contributed by atoms with Crippen molar-refractivity contribution in [1.82, 2.24) is 9.78 Å². The molecule has 0 amide bonds. The zero-order valence-corrected chi connectivity index (χ0v) is 9.60. The van der Waals surface area contributed by atoms with Gasteiger partial charge in [0.25, 0.3) is 0 Å². The molecule has 0 unspecified atom stereocenters. The predicted octanol–water partition coefficient (Wildman–Crippen LogP) is 2.53. The molecule has 0 bridgehead atoms. The monoisotopic (exact) mass is 240 g/mol. The average molecular weight is 240 g/mol. The molecule has 0 saturated carbocycles. The molecule has 0 aliphatic heterocycles. The lowest BCUT2D eigenvalue weighted by Crippen LogP contribution is -1.93. The van der Waals surface area contributed by atoms with Gasteiger partial charge in [0.2, 0.25) is 0 Å². The van der Waals surface area contributed by atoms with Gasteiger partial charge < -0.3 is 5.11 Å². The van der Waals surface area contributed by atoms with Crippen molar-refractivity contribution in [3.05, 3.63) is 66.5 Å². The second-order valence-electron chi connectivity index (χ2n) is 3.60. The lowest BCUT2D eigenvalue weighted by molar-refractivity contribution is -0.131. The van der Waals surface area contributed by atoms with Gasteiger partial charge in [-0.2, -0.15) is 5.10 Å². The molecule has 2 aromatic rings. The van der Waals surface area contributed by atoms with Gasteiger partial charge in [0.15, 0.2) is 0 Å². The van der Waals surface area contributed by atoms with Crippen LogP contribution in [0, 0.1) is 0 Å². The van der Waals surface area contributed by atoms with Gasteiger partial charge in [-0.05, 0) is 23.8 Å². The third kappa shape index (κ3) is 3.18. The van der Waals surface area contributed by atoms with Crippen molar-refractivity contribution < 1.29 is 9.90 Å². The van der Waals surface area contributed by atoms with Crippen LogP contribution in [0.25, 0.3) is 11.8 Å². The fraction of sp³-hybridized carbons (Fsp3) is 0. The summed E-state index contributed by atoms with van der Waals surface area (Å²) in [6.07, 6.45) is 9.71. The number of benzene rings is 1. The van der Waals surface area contributed by atoms with Gasteiger partial charge in [0, 0.05) is 18.5 Å². The van der Waals surface area contributed by atoms with Crippen LogP contribution in [0.15, 0.2) is 61.0 Å². The van der Waals surface area contributed by atoms with Crippen LogP contribution in [0.4, 0.5) is 0 Å². The number of carboxylic acid groups (broad SMARTS) is 1. The van der Waals surface area contributed by atoms with E-state index in [-0.39, 0.29) is 0 Å². The zero-order chi connectivity index (χ0) is 12.8. The SMILES string of the molecule is O=C(O)C=CC=Cc1ccc(-n2cccn2)cc1. The first kappa shape index (κ1) is 11.9. The van der Waals surface area contributed by atoms with Crippen molar-refractivity contribution in [2.45, 2.75) is 0 Å². The maximum Gasteiger partial charge on any atom is 0.328 e. The smallest absolute Gasteiger partial charge is 0.328 e. The number of carbonyl (C=O) groups is 1. The van der Waals surface area contributed by atoms with E-state index >= 15 is 0 Å². The number of nitrogens with zero attached hydrogens (tertiary/aromatic N) is 2. The summed E-state index contributed by atoms with van der Waals surface area (Å²) in [7, 11) is 0. The van der Waals surface area contributed by atoms with Gasteiger partial charge in [0.05, 0.1) is 5.69 Å². The van der Waals surface area contributed by atoms with Crippen LogP contribution in [-0.2, 0) is 4.79 Å². The highest BCUT2D eigenvalue weighted by atomic mass is 16.4. The van der Waals surface area contributed by atoms with Crippen LogP contribution < -0.4 is 0 Å². The highest BCUT2D eigenvalue weighted by molar-refractivity contribution is 5.80. The second-order valence-corrected chi connectivity index (χ2v) is 3.60. The molecular weight excluding hydrogens is 228 g/mol. The third-order valence-corrected chi connectivity index (χ3v) is 2.30. The van der Waals surface area contributed by atoms with Gasteiger partial charge >= 0.3 is 5.97 Å². The van der Waals surface area contributed by atoms with Gasteiger partial charge in [-0.25, -0.2) is 9.48 Å². The Morgan fingerprint density at radius 3 is 2.61 bits per heavy atom. The zero-order valence-electron chi connectivity index (χ0n) is 9.60. The number of aromatic nitrogens is 2. The van der Waals surface area contributed by atoms with Crippen molar-refractivity contribution in [3.8, 4) is 5.69 Å². The number of aliphatic carboxylic acids is 1. The Morgan fingerprint density at radius 1 is 1.22 bits per heavy atom. The summed E-state index contributed by atoms with van der Waals surface area (Å²) in [6.45, 7) is 0. The van der Waals surface area contributed by atoms with Crippen LogP contribution in [-0.4, -0.2) is 20.9 Å². The Hall–Kier alpha value is -2.62. The Morgan fingerprint density at radius 2 is 2.00 bits per heavy atom. The van der Waals surface area contributed by atoms with Crippen molar-refractivity contribution in [2.75, 3.05) is 0 Å². The first-order valence-electron chi connectivity index (χ1n) is 5.43. The van der Waals surface area contributed by atoms with E-state index in [1.807, 2.05) is 42.6 Å². The van der Waals surface area contributed by atoms with E-state index in [4.69, 9.17) is 5.11 Å². The predicted molar refractivity (Wildman–Crippen MR) is 69.4 cm³/mol. The summed E-state index contributed by atoms with van der Waals surface area (Å²) >= 11 is 0. The lowest BCUT2D eigenvalue weighted by Gasteiger charge is -2.00. The Labute approximate surface area is 104 Å². The molecular formula is C14H12N2O2. The van der Waals surface area contributed by atoms with E-state index in [2.05, 4.69) is 5.10 Å². The van der Waals surface area contributed by atoms with Gasteiger partial charge in [-0.15, -0.1) is 0 Å². The summed E-state index contributed by atoms with van der Waals surface area (Å²) in [5, 5.41) is 12.6. The summed E-state index contributed by atoms with van der Waals surface area (Å²) < 4.78 is 1.78. The van der Waals surface area contributed by atoms with Gasteiger partial charge in [-0.3, -0.25) is 0 Å². The summed E-state index contributed by atoms with van der Waals surface area (Å²) in [4.78, 5) is 10.3. The fourth-order valence-electron chi connectivity index (χ4n) is 1.46. The Balaban J connectivity index is 2.06. The molecule has 0 saturated heterocycles. The normalized spacial score (nSPS) is 11.3. The van der Waals surface area contributed by atoms with E-state index in [1.54, 1.807) is 17.0 Å². The summed E-state index contributed by atoms with van der Waals surface area (Å²) in [6, 6.07) is 9.66. The number of allylic oxidation sites excluding steroid dienone is 2. The molecule has 4 nitrogen and oxygen atoms in total. The maximum absolute atomic E-state index is 10.3. The largest absolute Gasteiger partial charge is 0.478 e. The Kier molecular flexibility index (Phi) is 3.71. The first-order chi connectivity index (χ1) is 8.75. The van der Waals surface area contributed by atoms with Crippen LogP contribution in [0.1, 0.15) is 5.56 Å². The maximum atomic E-state index is 10.3. The lowest BCUT2D eigenvalue weighted by atomic mass is 10.2. The third-order valence-electron chi connectivity index (χ3n) is 2.30. The van der Waals surface area contributed by atoms with E-state index in [9.17, 15) is 4.79 Å². The van der Waals surface area contributed by atoms with Gasteiger partial charge in [0.1, 0.15) is 0 Å². The molecule has 1 N–H and O–H groups in total. The molecule has 18 heavy (non-hydrogen) atoms. The minimum absolute atomic E-state index is 0.950.